The Balaban J connectivity index is 1.84. The molecule has 0 aliphatic carbocycles. The lowest BCUT2D eigenvalue weighted by Gasteiger charge is -2.13. The molecule has 1 N–H and O–H groups in total. The summed E-state index contributed by atoms with van der Waals surface area (Å²) in [5.41, 5.74) is 1.15. The van der Waals surface area contributed by atoms with Gasteiger partial charge in [-0.25, -0.2) is 0 Å². The van der Waals surface area contributed by atoms with Gasteiger partial charge < -0.3 is 19.5 Å². The van der Waals surface area contributed by atoms with Crippen molar-refractivity contribution in [3.63, 3.8) is 0 Å². The number of ether oxygens (including phenoxy) is 3. The van der Waals surface area contributed by atoms with E-state index in [0.29, 0.717) is 13.2 Å². The van der Waals surface area contributed by atoms with E-state index in [1.807, 2.05) is 49.5 Å². The molecule has 2 aromatic rings. The van der Waals surface area contributed by atoms with E-state index >= 15 is 0 Å². The van der Waals surface area contributed by atoms with Crippen molar-refractivity contribution in [2.45, 2.75) is 6.54 Å². The van der Waals surface area contributed by atoms with Crippen molar-refractivity contribution in [3.8, 4) is 17.2 Å². The minimum Gasteiger partial charge on any atom is -0.493 e. The summed E-state index contributed by atoms with van der Waals surface area (Å²) in [6.07, 6.45) is 0. The zero-order valence-electron chi connectivity index (χ0n) is 12.8. The molecule has 118 valence electrons. The largest absolute Gasteiger partial charge is 0.493 e. The molecule has 0 unspecified atom stereocenters. The van der Waals surface area contributed by atoms with E-state index in [0.717, 1.165) is 33.8 Å². The maximum Gasteiger partial charge on any atom is 0.161 e. The number of hydrogen-bond acceptors (Lipinski definition) is 4. The lowest BCUT2D eigenvalue weighted by Crippen LogP contribution is -2.10. The van der Waals surface area contributed by atoms with Gasteiger partial charge in [0.1, 0.15) is 19.0 Å². The Morgan fingerprint density at radius 1 is 0.955 bits per heavy atom. The Morgan fingerprint density at radius 3 is 2.36 bits per heavy atom. The van der Waals surface area contributed by atoms with Gasteiger partial charge in [0.05, 0.1) is 7.11 Å². The molecule has 0 bridgehead atoms. The number of benzene rings is 2. The van der Waals surface area contributed by atoms with Gasteiger partial charge in [-0.2, -0.15) is 0 Å². The molecule has 0 amide bonds. The van der Waals surface area contributed by atoms with E-state index in [9.17, 15) is 0 Å². The standard InChI is InChI=1S/C17H20BrNO3/c1-19-12-13-3-8-16(17(11-13)20-2)22-10-9-21-15-6-4-14(18)5-7-15/h3-8,11,19H,9-10,12H2,1-2H3. The Labute approximate surface area is 139 Å². The van der Waals surface area contributed by atoms with Gasteiger partial charge in [-0.3, -0.25) is 0 Å². The van der Waals surface area contributed by atoms with Crippen LogP contribution in [-0.4, -0.2) is 27.4 Å². The van der Waals surface area contributed by atoms with Crippen LogP contribution in [0.5, 0.6) is 17.2 Å². The lowest BCUT2D eigenvalue weighted by molar-refractivity contribution is 0.211. The molecule has 22 heavy (non-hydrogen) atoms. The second-order valence-corrected chi connectivity index (χ2v) is 5.58. The molecule has 0 atom stereocenters. The highest BCUT2D eigenvalue weighted by molar-refractivity contribution is 9.10. The van der Waals surface area contributed by atoms with Crippen LogP contribution in [0.15, 0.2) is 46.9 Å². The summed E-state index contributed by atoms with van der Waals surface area (Å²) in [6.45, 7) is 1.73. The number of nitrogens with one attached hydrogen (secondary N) is 1. The van der Waals surface area contributed by atoms with Crippen LogP contribution in [0, 0.1) is 0 Å². The molecule has 2 rings (SSSR count). The monoisotopic (exact) mass is 365 g/mol. The molecule has 5 heteroatoms. The zero-order chi connectivity index (χ0) is 15.8. The summed E-state index contributed by atoms with van der Waals surface area (Å²) in [5.74, 6) is 2.28. The molecule has 0 aliphatic rings. The molecule has 0 saturated carbocycles. The third kappa shape index (κ3) is 4.93. The molecular formula is C17H20BrNO3. The predicted molar refractivity (Wildman–Crippen MR) is 90.9 cm³/mol. The highest BCUT2D eigenvalue weighted by atomic mass is 79.9. The van der Waals surface area contributed by atoms with Crippen LogP contribution in [0.25, 0.3) is 0 Å². The Hall–Kier alpha value is -1.72. The molecule has 0 aliphatic heterocycles. The SMILES string of the molecule is CNCc1ccc(OCCOc2ccc(Br)cc2)c(OC)c1. The predicted octanol–water partition coefficient (Wildman–Crippen LogP) is 3.63. The Morgan fingerprint density at radius 2 is 1.68 bits per heavy atom. The normalized spacial score (nSPS) is 10.3. The van der Waals surface area contributed by atoms with Crippen LogP contribution in [-0.2, 0) is 6.54 Å². The topological polar surface area (TPSA) is 39.7 Å². The van der Waals surface area contributed by atoms with Crippen molar-refractivity contribution >= 4 is 15.9 Å². The van der Waals surface area contributed by atoms with Crippen molar-refractivity contribution in [1.29, 1.82) is 0 Å². The van der Waals surface area contributed by atoms with E-state index in [-0.39, 0.29) is 0 Å². The average molecular weight is 366 g/mol. The van der Waals surface area contributed by atoms with Crippen molar-refractivity contribution in [3.05, 3.63) is 52.5 Å². The van der Waals surface area contributed by atoms with Crippen LogP contribution in [0.1, 0.15) is 5.56 Å². The van der Waals surface area contributed by atoms with Crippen molar-refractivity contribution in [2.75, 3.05) is 27.4 Å². The fourth-order valence-electron chi connectivity index (χ4n) is 1.99. The number of rotatable bonds is 8. The maximum absolute atomic E-state index is 5.73. The van der Waals surface area contributed by atoms with Crippen molar-refractivity contribution < 1.29 is 14.2 Å². The average Bonchev–Trinajstić information content (AvgIpc) is 2.54. The number of methoxy groups -OCH3 is 1. The van der Waals surface area contributed by atoms with Crippen molar-refractivity contribution in [1.82, 2.24) is 5.32 Å². The first-order chi connectivity index (χ1) is 10.7. The Kier molecular flexibility index (Phi) is 6.55. The fraction of sp³-hybridized carbons (Fsp3) is 0.294. The molecule has 4 nitrogen and oxygen atoms in total. The van der Waals surface area contributed by atoms with Gasteiger partial charge in [-0.1, -0.05) is 22.0 Å². The molecule has 0 heterocycles. The highest BCUT2D eigenvalue weighted by Crippen LogP contribution is 2.28. The van der Waals surface area contributed by atoms with Gasteiger partial charge >= 0.3 is 0 Å². The smallest absolute Gasteiger partial charge is 0.161 e. The summed E-state index contributed by atoms with van der Waals surface area (Å²) >= 11 is 3.39. The van der Waals surface area contributed by atoms with Gasteiger partial charge in [0.25, 0.3) is 0 Å². The quantitative estimate of drug-likeness (QED) is 0.725. The molecule has 2 aromatic carbocycles. The maximum atomic E-state index is 5.73. The van der Waals surface area contributed by atoms with Crippen LogP contribution in [0.2, 0.25) is 0 Å². The van der Waals surface area contributed by atoms with E-state index in [1.165, 1.54) is 0 Å². The molecule has 0 aromatic heterocycles. The first-order valence-corrected chi connectivity index (χ1v) is 7.85. The number of halogens is 1. The van der Waals surface area contributed by atoms with Gasteiger partial charge in [-0.15, -0.1) is 0 Å². The van der Waals surface area contributed by atoms with E-state index in [4.69, 9.17) is 14.2 Å². The first kappa shape index (κ1) is 16.6. The molecular weight excluding hydrogens is 346 g/mol. The van der Waals surface area contributed by atoms with Crippen LogP contribution < -0.4 is 19.5 Å². The second kappa shape index (κ2) is 8.66. The molecule has 0 spiro atoms. The fourth-order valence-corrected chi connectivity index (χ4v) is 2.25. The van der Waals surface area contributed by atoms with Crippen LogP contribution in [0.4, 0.5) is 0 Å². The third-order valence-electron chi connectivity index (χ3n) is 3.03. The third-order valence-corrected chi connectivity index (χ3v) is 3.56. The second-order valence-electron chi connectivity index (χ2n) is 4.67. The van der Waals surface area contributed by atoms with Crippen LogP contribution in [0.3, 0.4) is 0 Å². The molecule has 0 fully saturated rings. The zero-order valence-corrected chi connectivity index (χ0v) is 14.4. The van der Waals surface area contributed by atoms with Crippen molar-refractivity contribution in [2.24, 2.45) is 0 Å². The first-order valence-electron chi connectivity index (χ1n) is 7.05. The van der Waals surface area contributed by atoms with Gasteiger partial charge in [0, 0.05) is 11.0 Å². The van der Waals surface area contributed by atoms with E-state index in [2.05, 4.69) is 21.2 Å². The molecule has 0 radical (unpaired) electrons. The minimum atomic E-state index is 0.456. The minimum absolute atomic E-state index is 0.456. The van der Waals surface area contributed by atoms with Gasteiger partial charge in [0.2, 0.25) is 0 Å². The summed E-state index contributed by atoms with van der Waals surface area (Å²) in [4.78, 5) is 0. The summed E-state index contributed by atoms with van der Waals surface area (Å²) in [7, 11) is 3.56. The number of hydrogen-bond donors (Lipinski definition) is 1. The lowest BCUT2D eigenvalue weighted by atomic mass is 10.2. The molecule has 0 saturated heterocycles. The van der Waals surface area contributed by atoms with Gasteiger partial charge in [-0.05, 0) is 49.0 Å². The van der Waals surface area contributed by atoms with E-state index in [1.54, 1.807) is 7.11 Å². The highest BCUT2D eigenvalue weighted by Gasteiger charge is 2.05. The summed E-state index contributed by atoms with van der Waals surface area (Å²) in [5, 5.41) is 3.11. The van der Waals surface area contributed by atoms with Gasteiger partial charge in [0.15, 0.2) is 11.5 Å². The Bertz CT molecular complexity index is 587. The van der Waals surface area contributed by atoms with Crippen LogP contribution >= 0.6 is 15.9 Å². The van der Waals surface area contributed by atoms with E-state index < -0.39 is 0 Å². The summed E-state index contributed by atoms with van der Waals surface area (Å²) < 4.78 is 17.7. The summed E-state index contributed by atoms with van der Waals surface area (Å²) in [6, 6.07) is 13.6.